The Balaban J connectivity index is 2.24. The minimum Gasteiger partial charge on any atom is -0.505 e. The first-order chi connectivity index (χ1) is 8.79. The Morgan fingerprint density at radius 2 is 2.11 bits per heavy atom. The summed E-state index contributed by atoms with van der Waals surface area (Å²) < 4.78 is 0. The van der Waals surface area contributed by atoms with E-state index in [1.54, 1.807) is 6.07 Å². The van der Waals surface area contributed by atoms with Crippen LogP contribution in [0.25, 0.3) is 22.2 Å². The number of benzene rings is 1. The zero-order valence-corrected chi connectivity index (χ0v) is 9.38. The smallest absolute Gasteiger partial charge is 0.151 e. The molecule has 2 heterocycles. The van der Waals surface area contributed by atoms with Crippen molar-refractivity contribution < 1.29 is 5.11 Å². The molecule has 0 bridgehead atoms. The number of pyridine rings is 1. The van der Waals surface area contributed by atoms with Gasteiger partial charge in [0.25, 0.3) is 0 Å². The highest BCUT2D eigenvalue weighted by molar-refractivity contribution is 5.94. The van der Waals surface area contributed by atoms with Crippen LogP contribution in [0.2, 0.25) is 0 Å². The number of nitrogens with zero attached hydrogens (tertiary/aromatic N) is 2. The fourth-order valence-electron chi connectivity index (χ4n) is 1.97. The van der Waals surface area contributed by atoms with Gasteiger partial charge in [0.05, 0.1) is 17.5 Å². The lowest BCUT2D eigenvalue weighted by molar-refractivity contribution is 0.471. The van der Waals surface area contributed by atoms with Gasteiger partial charge < -0.3 is 10.1 Å². The molecule has 4 nitrogen and oxygen atoms in total. The van der Waals surface area contributed by atoms with Crippen molar-refractivity contribution in [2.75, 3.05) is 0 Å². The summed E-state index contributed by atoms with van der Waals surface area (Å²) in [4.78, 5) is 7.31. The highest BCUT2D eigenvalue weighted by Gasteiger charge is 2.09. The maximum Gasteiger partial charge on any atom is 0.151 e. The van der Waals surface area contributed by atoms with Crippen molar-refractivity contribution in [1.29, 1.82) is 5.26 Å². The SMILES string of the molecule is N#Cc1cc(-c2c[nH]c3ccccc23)ncc1O. The van der Waals surface area contributed by atoms with E-state index >= 15 is 0 Å². The molecule has 0 atom stereocenters. The Kier molecular flexibility index (Phi) is 2.24. The van der Waals surface area contributed by atoms with E-state index in [-0.39, 0.29) is 11.3 Å². The van der Waals surface area contributed by atoms with Crippen molar-refractivity contribution in [2.24, 2.45) is 0 Å². The fraction of sp³-hybridized carbons (Fsp3) is 0. The van der Waals surface area contributed by atoms with Gasteiger partial charge in [-0.3, -0.25) is 4.98 Å². The lowest BCUT2D eigenvalue weighted by Gasteiger charge is -2.01. The number of hydrogen-bond donors (Lipinski definition) is 2. The van der Waals surface area contributed by atoms with Crippen LogP contribution in [0.15, 0.2) is 42.7 Å². The van der Waals surface area contributed by atoms with Gasteiger partial charge in [-0.1, -0.05) is 18.2 Å². The first-order valence-electron chi connectivity index (χ1n) is 5.45. The normalized spacial score (nSPS) is 10.4. The second-order valence-electron chi connectivity index (χ2n) is 3.95. The molecule has 3 aromatic rings. The first-order valence-corrected chi connectivity index (χ1v) is 5.45. The van der Waals surface area contributed by atoms with Crippen LogP contribution in [-0.2, 0) is 0 Å². The first kappa shape index (κ1) is 10.4. The molecule has 0 radical (unpaired) electrons. The van der Waals surface area contributed by atoms with Gasteiger partial charge in [-0.15, -0.1) is 0 Å². The molecule has 0 saturated carbocycles. The summed E-state index contributed by atoms with van der Waals surface area (Å²) in [5.74, 6) is -0.0962. The topological polar surface area (TPSA) is 72.7 Å². The number of aromatic nitrogens is 2. The van der Waals surface area contributed by atoms with Gasteiger partial charge in [-0.25, -0.2) is 0 Å². The third-order valence-electron chi connectivity index (χ3n) is 2.87. The Morgan fingerprint density at radius 3 is 2.94 bits per heavy atom. The van der Waals surface area contributed by atoms with Crippen molar-refractivity contribution >= 4 is 10.9 Å². The molecule has 86 valence electrons. The van der Waals surface area contributed by atoms with Crippen molar-refractivity contribution in [1.82, 2.24) is 9.97 Å². The summed E-state index contributed by atoms with van der Waals surface area (Å²) in [5.41, 5.74) is 2.83. The fourth-order valence-corrected chi connectivity index (χ4v) is 1.97. The largest absolute Gasteiger partial charge is 0.505 e. The molecular weight excluding hydrogens is 226 g/mol. The summed E-state index contributed by atoms with van der Waals surface area (Å²) in [6, 6.07) is 11.4. The molecule has 0 aliphatic heterocycles. The zero-order chi connectivity index (χ0) is 12.5. The predicted molar refractivity (Wildman–Crippen MR) is 67.9 cm³/mol. The molecule has 2 N–H and O–H groups in total. The Hall–Kier alpha value is -2.80. The van der Waals surface area contributed by atoms with E-state index < -0.39 is 0 Å². The molecule has 4 heteroatoms. The molecule has 0 saturated heterocycles. The number of hydrogen-bond acceptors (Lipinski definition) is 3. The Labute approximate surface area is 103 Å². The molecule has 1 aromatic carbocycles. The van der Waals surface area contributed by atoms with Crippen LogP contribution in [-0.4, -0.2) is 15.1 Å². The van der Waals surface area contributed by atoms with Gasteiger partial charge in [-0.05, 0) is 12.1 Å². The Bertz CT molecular complexity index is 768. The lowest BCUT2D eigenvalue weighted by atomic mass is 10.1. The number of rotatable bonds is 1. The number of para-hydroxylation sites is 1. The third kappa shape index (κ3) is 1.50. The molecule has 0 aliphatic rings. The predicted octanol–water partition coefficient (Wildman–Crippen LogP) is 2.81. The average molecular weight is 235 g/mol. The van der Waals surface area contributed by atoms with E-state index in [1.165, 1.54) is 6.20 Å². The number of H-pyrrole nitrogens is 1. The molecule has 0 unspecified atom stereocenters. The molecule has 3 rings (SSSR count). The van der Waals surface area contributed by atoms with Crippen LogP contribution < -0.4 is 0 Å². The standard InChI is InChI=1S/C14H9N3O/c15-6-9-5-13(17-8-14(9)18)11-7-16-12-4-2-1-3-10(11)12/h1-5,7-8,16,18H. The van der Waals surface area contributed by atoms with Crippen LogP contribution >= 0.6 is 0 Å². The highest BCUT2D eigenvalue weighted by Crippen LogP contribution is 2.29. The summed E-state index contributed by atoms with van der Waals surface area (Å²) in [7, 11) is 0. The van der Waals surface area contributed by atoms with Gasteiger partial charge in [0.2, 0.25) is 0 Å². The van der Waals surface area contributed by atoms with E-state index in [0.717, 1.165) is 16.5 Å². The highest BCUT2D eigenvalue weighted by atomic mass is 16.3. The van der Waals surface area contributed by atoms with E-state index in [4.69, 9.17) is 5.26 Å². The van der Waals surface area contributed by atoms with Crippen LogP contribution in [0, 0.1) is 11.3 Å². The minimum absolute atomic E-state index is 0.0962. The summed E-state index contributed by atoms with van der Waals surface area (Å²) in [6.07, 6.45) is 3.15. The maximum absolute atomic E-state index is 9.45. The zero-order valence-electron chi connectivity index (χ0n) is 9.38. The Morgan fingerprint density at radius 1 is 1.28 bits per heavy atom. The number of nitriles is 1. The number of fused-ring (bicyclic) bond motifs is 1. The third-order valence-corrected chi connectivity index (χ3v) is 2.87. The molecule has 0 amide bonds. The molecular formula is C14H9N3O. The number of aromatic hydroxyl groups is 1. The number of aromatic amines is 1. The van der Waals surface area contributed by atoms with Gasteiger partial charge in [0.1, 0.15) is 6.07 Å². The second kappa shape index (κ2) is 3.90. The lowest BCUT2D eigenvalue weighted by Crippen LogP contribution is -1.85. The molecule has 0 spiro atoms. The summed E-state index contributed by atoms with van der Waals surface area (Å²) in [5, 5.41) is 19.4. The number of nitrogens with one attached hydrogen (secondary N) is 1. The summed E-state index contributed by atoms with van der Waals surface area (Å²) >= 11 is 0. The average Bonchev–Trinajstić information content (AvgIpc) is 2.83. The van der Waals surface area contributed by atoms with Crippen molar-refractivity contribution in [3.05, 3.63) is 48.3 Å². The van der Waals surface area contributed by atoms with Gasteiger partial charge >= 0.3 is 0 Å². The van der Waals surface area contributed by atoms with Crippen LogP contribution in [0.1, 0.15) is 5.56 Å². The molecule has 0 aliphatic carbocycles. The maximum atomic E-state index is 9.45. The van der Waals surface area contributed by atoms with Crippen LogP contribution in [0.4, 0.5) is 0 Å². The van der Waals surface area contributed by atoms with E-state index in [9.17, 15) is 5.11 Å². The van der Waals surface area contributed by atoms with Gasteiger partial charge in [0.15, 0.2) is 5.75 Å². The molecule has 2 aromatic heterocycles. The van der Waals surface area contributed by atoms with E-state index in [2.05, 4.69) is 9.97 Å². The van der Waals surface area contributed by atoms with Crippen molar-refractivity contribution in [3.8, 4) is 23.1 Å². The molecule has 0 fully saturated rings. The van der Waals surface area contributed by atoms with E-state index in [1.807, 2.05) is 36.5 Å². The second-order valence-corrected chi connectivity index (χ2v) is 3.95. The van der Waals surface area contributed by atoms with E-state index in [0.29, 0.717) is 5.69 Å². The quantitative estimate of drug-likeness (QED) is 0.681. The van der Waals surface area contributed by atoms with Gasteiger partial charge in [-0.2, -0.15) is 5.26 Å². The van der Waals surface area contributed by atoms with Crippen molar-refractivity contribution in [3.63, 3.8) is 0 Å². The van der Waals surface area contributed by atoms with Crippen LogP contribution in [0.5, 0.6) is 5.75 Å². The molecule has 18 heavy (non-hydrogen) atoms. The van der Waals surface area contributed by atoms with Crippen LogP contribution in [0.3, 0.4) is 0 Å². The summed E-state index contributed by atoms with van der Waals surface area (Å²) in [6.45, 7) is 0. The van der Waals surface area contributed by atoms with Gasteiger partial charge in [0, 0.05) is 22.7 Å². The monoisotopic (exact) mass is 235 g/mol. The van der Waals surface area contributed by atoms with Crippen molar-refractivity contribution in [2.45, 2.75) is 0 Å². The minimum atomic E-state index is -0.0962.